The van der Waals surface area contributed by atoms with Crippen molar-refractivity contribution in [3.8, 4) is 0 Å². The van der Waals surface area contributed by atoms with Crippen LogP contribution in [0.3, 0.4) is 0 Å². The predicted octanol–water partition coefficient (Wildman–Crippen LogP) is 2.30. The third kappa shape index (κ3) is 2.99. The molecular weight excluding hydrogens is 284 g/mol. The highest BCUT2D eigenvalue weighted by Crippen LogP contribution is 2.50. The molecule has 0 aromatic carbocycles. The zero-order chi connectivity index (χ0) is 16.7. The molecule has 0 aliphatic heterocycles. The lowest BCUT2D eigenvalue weighted by Crippen LogP contribution is -2.61. The average molecular weight is 317 g/mol. The van der Waals surface area contributed by atoms with Gasteiger partial charge in [0.05, 0.1) is 25.4 Å². The van der Waals surface area contributed by atoms with E-state index in [0.29, 0.717) is 0 Å². The Morgan fingerprint density at radius 3 is 1.90 bits per heavy atom. The molecule has 0 saturated heterocycles. The minimum atomic E-state index is -2.02. The van der Waals surface area contributed by atoms with E-state index in [1.165, 1.54) is 0 Å². The van der Waals surface area contributed by atoms with Gasteiger partial charge in [0.25, 0.3) is 0 Å². The molecule has 1 rings (SSSR count). The molecule has 0 radical (unpaired) electrons. The molecule has 0 heterocycles. The number of hydrogen-bond donors (Lipinski definition) is 3. The molecule has 0 amide bonds. The normalized spacial score (nSPS) is 37.8. The summed E-state index contributed by atoms with van der Waals surface area (Å²) < 4.78 is 6.47. The summed E-state index contributed by atoms with van der Waals surface area (Å²) in [7, 11) is -2.02. The van der Waals surface area contributed by atoms with Crippen molar-refractivity contribution in [2.45, 2.75) is 65.0 Å². The summed E-state index contributed by atoms with van der Waals surface area (Å²) in [4.78, 5) is 0. The largest absolute Gasteiger partial charge is 0.410 e. The minimum Gasteiger partial charge on any atom is -0.410 e. The van der Waals surface area contributed by atoms with E-state index in [0.717, 1.165) is 0 Å². The van der Waals surface area contributed by atoms with Gasteiger partial charge in [0.15, 0.2) is 8.32 Å². The molecule has 0 fully saturated rings. The van der Waals surface area contributed by atoms with Gasteiger partial charge in [-0.3, -0.25) is 0 Å². The maximum absolute atomic E-state index is 10.3. The van der Waals surface area contributed by atoms with Crippen molar-refractivity contribution in [3.05, 3.63) is 12.2 Å². The van der Waals surface area contributed by atoms with Gasteiger partial charge in [-0.1, -0.05) is 46.8 Å². The Hall–Kier alpha value is -0.203. The van der Waals surface area contributed by atoms with Gasteiger partial charge in [-0.2, -0.15) is 0 Å². The predicted molar refractivity (Wildman–Crippen MR) is 87.6 cm³/mol. The smallest absolute Gasteiger partial charge is 0.192 e. The first-order valence-corrected chi connectivity index (χ1v) is 10.5. The fourth-order valence-corrected chi connectivity index (χ4v) is 3.83. The van der Waals surface area contributed by atoms with E-state index in [1.807, 2.05) is 13.0 Å². The number of rotatable bonds is 4. The second kappa shape index (κ2) is 5.78. The monoisotopic (exact) mass is 316 g/mol. The Kier molecular flexibility index (Phi) is 5.18. The molecule has 4 atom stereocenters. The number of aliphatic hydroxyl groups is 3. The molecule has 21 heavy (non-hydrogen) atoms. The number of hydrogen-bond acceptors (Lipinski definition) is 4. The van der Waals surface area contributed by atoms with E-state index < -0.39 is 25.3 Å². The quantitative estimate of drug-likeness (QED) is 0.550. The first-order valence-electron chi connectivity index (χ1n) is 7.61. The zero-order valence-electron chi connectivity index (χ0n) is 14.5. The second-order valence-corrected chi connectivity index (χ2v) is 13.0. The third-order valence-corrected chi connectivity index (χ3v) is 10.4. The summed E-state index contributed by atoms with van der Waals surface area (Å²) >= 11 is 0. The van der Waals surface area contributed by atoms with Crippen LogP contribution >= 0.6 is 0 Å². The lowest BCUT2D eigenvalue weighted by molar-refractivity contribution is -0.140. The molecule has 0 spiro atoms. The van der Waals surface area contributed by atoms with Gasteiger partial charge >= 0.3 is 0 Å². The van der Waals surface area contributed by atoms with E-state index in [1.54, 1.807) is 13.0 Å². The zero-order valence-corrected chi connectivity index (χ0v) is 15.5. The Balaban J connectivity index is 3.21. The van der Waals surface area contributed by atoms with E-state index >= 15 is 0 Å². The van der Waals surface area contributed by atoms with Gasteiger partial charge < -0.3 is 19.7 Å². The van der Waals surface area contributed by atoms with Crippen LogP contribution in [0.15, 0.2) is 12.2 Å². The maximum Gasteiger partial charge on any atom is 0.192 e. The van der Waals surface area contributed by atoms with Gasteiger partial charge in [0.1, 0.15) is 0 Å². The van der Waals surface area contributed by atoms with Gasteiger partial charge in [-0.25, -0.2) is 0 Å². The average Bonchev–Trinajstić information content (AvgIpc) is 2.38. The maximum atomic E-state index is 10.3. The van der Waals surface area contributed by atoms with Gasteiger partial charge in [0.2, 0.25) is 0 Å². The van der Waals surface area contributed by atoms with Crippen LogP contribution < -0.4 is 0 Å². The molecule has 0 aromatic rings. The van der Waals surface area contributed by atoms with Crippen LogP contribution in [-0.4, -0.2) is 49.1 Å². The highest BCUT2D eigenvalue weighted by atomic mass is 28.4. The SMILES string of the molecule is CC(C)(C)[Si](C)(C)O[C@H]1C=C[C@H](O)[C@](C)(CO)[C@]1(C)CO. The molecule has 124 valence electrons. The fourth-order valence-electron chi connectivity index (χ4n) is 2.50. The standard InChI is InChI=1S/C16H32O4Si/c1-14(2,3)21(6,7)20-13-9-8-12(19)15(4,10-17)16(13,5)11-18/h8-9,12-13,17-19H,10-11H2,1-7H3/t12-,13-,15-,16+/m0/s1. The fraction of sp³-hybridized carbons (Fsp3) is 0.875. The van der Waals surface area contributed by atoms with Gasteiger partial charge in [0, 0.05) is 10.8 Å². The van der Waals surface area contributed by atoms with E-state index in [2.05, 4.69) is 33.9 Å². The summed E-state index contributed by atoms with van der Waals surface area (Å²) in [5.74, 6) is 0. The lowest BCUT2D eigenvalue weighted by atomic mass is 9.58. The molecule has 1 aliphatic carbocycles. The molecule has 4 nitrogen and oxygen atoms in total. The van der Waals surface area contributed by atoms with Crippen molar-refractivity contribution in [1.82, 2.24) is 0 Å². The van der Waals surface area contributed by atoms with Gasteiger partial charge in [-0.15, -0.1) is 0 Å². The first-order chi connectivity index (χ1) is 9.35. The molecule has 0 saturated carbocycles. The molecule has 0 unspecified atom stereocenters. The second-order valence-electron chi connectivity index (χ2n) is 8.28. The van der Waals surface area contributed by atoms with Crippen molar-refractivity contribution in [3.63, 3.8) is 0 Å². The van der Waals surface area contributed by atoms with Crippen LogP contribution in [0, 0.1) is 10.8 Å². The van der Waals surface area contributed by atoms with E-state index in [4.69, 9.17) is 4.43 Å². The number of aliphatic hydroxyl groups excluding tert-OH is 3. The Morgan fingerprint density at radius 1 is 1.05 bits per heavy atom. The topological polar surface area (TPSA) is 69.9 Å². The summed E-state index contributed by atoms with van der Waals surface area (Å²) in [6.07, 6.45) is 2.42. The van der Waals surface area contributed by atoms with Crippen LogP contribution in [0.4, 0.5) is 0 Å². The van der Waals surface area contributed by atoms with Crippen LogP contribution in [0.5, 0.6) is 0 Å². The Labute approximate surface area is 130 Å². The molecule has 0 bridgehead atoms. The van der Waals surface area contributed by atoms with Crippen molar-refractivity contribution >= 4 is 8.32 Å². The molecular formula is C16H32O4Si. The van der Waals surface area contributed by atoms with Gasteiger partial charge in [-0.05, 0) is 18.1 Å². The van der Waals surface area contributed by atoms with Crippen molar-refractivity contribution in [2.24, 2.45) is 10.8 Å². The Bertz CT molecular complexity index is 402. The highest BCUT2D eigenvalue weighted by Gasteiger charge is 2.56. The van der Waals surface area contributed by atoms with Crippen molar-refractivity contribution in [2.75, 3.05) is 13.2 Å². The molecule has 0 aromatic heterocycles. The summed E-state index contributed by atoms with van der Waals surface area (Å²) in [6, 6.07) is 0. The van der Waals surface area contributed by atoms with Crippen molar-refractivity contribution in [1.29, 1.82) is 0 Å². The van der Waals surface area contributed by atoms with E-state index in [-0.39, 0.29) is 24.4 Å². The third-order valence-electron chi connectivity index (χ3n) is 5.94. The summed E-state index contributed by atoms with van der Waals surface area (Å²) in [5, 5.41) is 30.1. The van der Waals surface area contributed by atoms with Crippen molar-refractivity contribution < 1.29 is 19.7 Å². The molecule has 3 N–H and O–H groups in total. The molecule has 1 aliphatic rings. The summed E-state index contributed by atoms with van der Waals surface area (Å²) in [5.41, 5.74) is -1.56. The molecule has 5 heteroatoms. The van der Waals surface area contributed by atoms with E-state index in [9.17, 15) is 15.3 Å². The minimum absolute atomic E-state index is 0.0584. The first kappa shape index (κ1) is 18.8. The van der Waals surface area contributed by atoms with Crippen LogP contribution in [0.25, 0.3) is 0 Å². The lowest BCUT2D eigenvalue weighted by Gasteiger charge is -2.54. The van der Waals surface area contributed by atoms with Crippen LogP contribution in [0.1, 0.15) is 34.6 Å². The highest BCUT2D eigenvalue weighted by molar-refractivity contribution is 6.74. The van der Waals surface area contributed by atoms with Crippen LogP contribution in [0.2, 0.25) is 18.1 Å². The van der Waals surface area contributed by atoms with Crippen LogP contribution in [-0.2, 0) is 4.43 Å². The Morgan fingerprint density at radius 2 is 1.52 bits per heavy atom. The summed E-state index contributed by atoms with van der Waals surface area (Å²) in [6.45, 7) is 14.2.